The summed E-state index contributed by atoms with van der Waals surface area (Å²) in [5.74, 6) is 0.717. The summed E-state index contributed by atoms with van der Waals surface area (Å²) >= 11 is 0. The summed E-state index contributed by atoms with van der Waals surface area (Å²) in [4.78, 5) is 0. The van der Waals surface area contributed by atoms with E-state index in [4.69, 9.17) is 4.74 Å². The first-order chi connectivity index (χ1) is 8.72. The first-order valence-corrected chi connectivity index (χ1v) is 7.06. The van der Waals surface area contributed by atoms with Gasteiger partial charge in [-0.1, -0.05) is 50.6 Å². The predicted octanol–water partition coefficient (Wildman–Crippen LogP) is 3.79. The van der Waals surface area contributed by atoms with Gasteiger partial charge in [-0.2, -0.15) is 0 Å². The van der Waals surface area contributed by atoms with Gasteiger partial charge in [0.2, 0.25) is 0 Å². The summed E-state index contributed by atoms with van der Waals surface area (Å²) in [6.45, 7) is 7.36. The maximum absolute atomic E-state index is 5.96. The van der Waals surface area contributed by atoms with Crippen LogP contribution in [0.2, 0.25) is 0 Å². The minimum atomic E-state index is 0.148. The van der Waals surface area contributed by atoms with Crippen molar-refractivity contribution in [2.45, 2.75) is 45.8 Å². The van der Waals surface area contributed by atoms with E-state index in [9.17, 15) is 0 Å². The number of likely N-dealkylation sites (N-methyl/N-ethyl adjacent to an activating group) is 1. The van der Waals surface area contributed by atoms with E-state index in [1.54, 1.807) is 0 Å². The van der Waals surface area contributed by atoms with Crippen LogP contribution in [0.1, 0.15) is 45.3 Å². The first kappa shape index (κ1) is 15.2. The Bertz CT molecular complexity index is 312. The maximum atomic E-state index is 5.96. The molecule has 0 aromatic heterocycles. The van der Waals surface area contributed by atoms with Crippen LogP contribution in [0.25, 0.3) is 0 Å². The fraction of sp³-hybridized carbons (Fsp3) is 0.625. The number of benzene rings is 1. The SMILES string of the molecule is CCOC(c1ccccc1)C(CC(C)CC)NC. The second kappa shape index (κ2) is 8.28. The Balaban J connectivity index is 2.81. The molecule has 3 atom stereocenters. The summed E-state index contributed by atoms with van der Waals surface area (Å²) in [5.41, 5.74) is 1.27. The van der Waals surface area contributed by atoms with Crippen molar-refractivity contribution in [1.29, 1.82) is 0 Å². The molecule has 1 aromatic carbocycles. The van der Waals surface area contributed by atoms with Crippen molar-refractivity contribution in [2.75, 3.05) is 13.7 Å². The van der Waals surface area contributed by atoms with Crippen LogP contribution in [0, 0.1) is 5.92 Å². The van der Waals surface area contributed by atoms with Gasteiger partial charge in [0.05, 0.1) is 6.10 Å². The average Bonchev–Trinajstić information content (AvgIpc) is 2.43. The quantitative estimate of drug-likeness (QED) is 0.757. The molecule has 2 nitrogen and oxygen atoms in total. The van der Waals surface area contributed by atoms with Crippen molar-refractivity contribution in [2.24, 2.45) is 5.92 Å². The third kappa shape index (κ3) is 4.43. The van der Waals surface area contributed by atoms with Crippen molar-refractivity contribution in [3.63, 3.8) is 0 Å². The van der Waals surface area contributed by atoms with Gasteiger partial charge >= 0.3 is 0 Å². The molecular weight excluding hydrogens is 222 g/mol. The molecule has 0 saturated carbocycles. The zero-order valence-electron chi connectivity index (χ0n) is 12.1. The largest absolute Gasteiger partial charge is 0.372 e. The topological polar surface area (TPSA) is 21.3 Å². The van der Waals surface area contributed by atoms with Gasteiger partial charge in [0, 0.05) is 12.6 Å². The highest BCUT2D eigenvalue weighted by molar-refractivity contribution is 5.19. The normalized spacial score (nSPS) is 16.2. The molecule has 0 radical (unpaired) electrons. The lowest BCUT2D eigenvalue weighted by atomic mass is 9.92. The van der Waals surface area contributed by atoms with E-state index in [0.29, 0.717) is 12.0 Å². The van der Waals surface area contributed by atoms with Gasteiger partial charge in [0.1, 0.15) is 0 Å². The molecule has 3 unspecified atom stereocenters. The minimum absolute atomic E-state index is 0.148. The molecule has 2 heteroatoms. The molecule has 1 N–H and O–H groups in total. The number of rotatable bonds is 8. The zero-order valence-corrected chi connectivity index (χ0v) is 12.1. The van der Waals surface area contributed by atoms with Gasteiger partial charge < -0.3 is 10.1 Å². The monoisotopic (exact) mass is 249 g/mol. The van der Waals surface area contributed by atoms with E-state index >= 15 is 0 Å². The summed E-state index contributed by atoms with van der Waals surface area (Å²) in [7, 11) is 2.03. The Kier molecular flexibility index (Phi) is 6.99. The molecule has 0 aliphatic heterocycles. The molecule has 0 bridgehead atoms. The molecule has 0 spiro atoms. The lowest BCUT2D eigenvalue weighted by Gasteiger charge is -2.29. The molecule has 18 heavy (non-hydrogen) atoms. The van der Waals surface area contributed by atoms with Gasteiger partial charge in [-0.25, -0.2) is 0 Å². The Hall–Kier alpha value is -0.860. The molecule has 1 aromatic rings. The fourth-order valence-corrected chi connectivity index (χ4v) is 2.26. The van der Waals surface area contributed by atoms with Crippen molar-refractivity contribution in [3.8, 4) is 0 Å². The number of hydrogen-bond donors (Lipinski definition) is 1. The molecular formula is C16H27NO. The molecule has 102 valence electrons. The Morgan fingerprint density at radius 1 is 1.17 bits per heavy atom. The average molecular weight is 249 g/mol. The predicted molar refractivity (Wildman–Crippen MR) is 77.7 cm³/mol. The summed E-state index contributed by atoms with van der Waals surface area (Å²) in [6.07, 6.45) is 2.51. The van der Waals surface area contributed by atoms with Crippen molar-refractivity contribution < 1.29 is 4.74 Å². The van der Waals surface area contributed by atoms with Crippen LogP contribution < -0.4 is 5.32 Å². The van der Waals surface area contributed by atoms with E-state index in [2.05, 4.69) is 56.4 Å². The van der Waals surface area contributed by atoms with Gasteiger partial charge in [-0.15, -0.1) is 0 Å². The Morgan fingerprint density at radius 2 is 1.83 bits per heavy atom. The summed E-state index contributed by atoms with van der Waals surface area (Å²) in [5, 5.41) is 3.43. The third-order valence-corrected chi connectivity index (χ3v) is 3.56. The highest BCUT2D eigenvalue weighted by Gasteiger charge is 2.23. The minimum Gasteiger partial charge on any atom is -0.372 e. The summed E-state index contributed by atoms with van der Waals surface area (Å²) < 4.78 is 5.96. The first-order valence-electron chi connectivity index (χ1n) is 7.06. The van der Waals surface area contributed by atoms with Crippen molar-refractivity contribution >= 4 is 0 Å². The maximum Gasteiger partial charge on any atom is 0.0977 e. The molecule has 0 saturated heterocycles. The van der Waals surface area contributed by atoms with Gasteiger partial charge in [0.25, 0.3) is 0 Å². The van der Waals surface area contributed by atoms with Crippen molar-refractivity contribution in [3.05, 3.63) is 35.9 Å². The summed E-state index contributed by atoms with van der Waals surface area (Å²) in [6, 6.07) is 10.9. The lowest BCUT2D eigenvalue weighted by molar-refractivity contribution is 0.0289. The standard InChI is InChI=1S/C16H27NO/c1-5-13(3)12-15(17-4)16(18-6-2)14-10-8-7-9-11-14/h7-11,13,15-17H,5-6,12H2,1-4H3. The highest BCUT2D eigenvalue weighted by Crippen LogP contribution is 2.26. The van der Waals surface area contributed by atoms with Crippen LogP contribution in [0.3, 0.4) is 0 Å². The lowest BCUT2D eigenvalue weighted by Crippen LogP contribution is -2.35. The molecule has 0 heterocycles. The van der Waals surface area contributed by atoms with Gasteiger partial charge in [-0.05, 0) is 31.9 Å². The second-order valence-electron chi connectivity index (χ2n) is 4.93. The molecule has 0 amide bonds. The fourth-order valence-electron chi connectivity index (χ4n) is 2.26. The van der Waals surface area contributed by atoms with Crippen LogP contribution in [-0.2, 0) is 4.74 Å². The van der Waals surface area contributed by atoms with Crippen molar-refractivity contribution in [1.82, 2.24) is 5.32 Å². The van der Waals surface area contributed by atoms with Gasteiger partial charge in [-0.3, -0.25) is 0 Å². The van der Waals surface area contributed by atoms with E-state index in [1.807, 2.05) is 7.05 Å². The molecule has 0 aliphatic carbocycles. The number of ether oxygens (including phenoxy) is 1. The smallest absolute Gasteiger partial charge is 0.0977 e. The third-order valence-electron chi connectivity index (χ3n) is 3.56. The van der Waals surface area contributed by atoms with E-state index < -0.39 is 0 Å². The second-order valence-corrected chi connectivity index (χ2v) is 4.93. The van der Waals surface area contributed by atoms with Gasteiger partial charge in [0.15, 0.2) is 0 Å². The van der Waals surface area contributed by atoms with Crippen LogP contribution in [0.15, 0.2) is 30.3 Å². The van der Waals surface area contributed by atoms with Crippen LogP contribution >= 0.6 is 0 Å². The van der Waals surface area contributed by atoms with E-state index in [1.165, 1.54) is 12.0 Å². The van der Waals surface area contributed by atoms with Crippen LogP contribution in [0.4, 0.5) is 0 Å². The van der Waals surface area contributed by atoms with E-state index in [-0.39, 0.29) is 6.10 Å². The van der Waals surface area contributed by atoms with E-state index in [0.717, 1.165) is 13.0 Å². The van der Waals surface area contributed by atoms with Crippen LogP contribution in [-0.4, -0.2) is 19.7 Å². The highest BCUT2D eigenvalue weighted by atomic mass is 16.5. The zero-order chi connectivity index (χ0) is 13.4. The Morgan fingerprint density at radius 3 is 2.33 bits per heavy atom. The molecule has 0 aliphatic rings. The number of nitrogens with one attached hydrogen (secondary N) is 1. The molecule has 0 fully saturated rings. The molecule has 1 rings (SSSR count). The Labute approximate surface area is 112 Å². The van der Waals surface area contributed by atoms with Crippen LogP contribution in [0.5, 0.6) is 0 Å². The number of hydrogen-bond acceptors (Lipinski definition) is 2.